The predicted octanol–water partition coefficient (Wildman–Crippen LogP) is 5.15. The fraction of sp³-hybridized carbons (Fsp3) is 0.333. The first-order chi connectivity index (χ1) is 6.36. The quantitative estimate of drug-likeness (QED) is 0.671. The Morgan fingerprint density at radius 3 is 2.21 bits per heavy atom. The molecule has 0 bridgehead atoms. The van der Waals surface area contributed by atoms with E-state index in [0.717, 1.165) is 14.5 Å². The second-order valence-electron chi connectivity index (χ2n) is 4.32. The van der Waals surface area contributed by atoms with Crippen molar-refractivity contribution < 1.29 is 0 Å². The smallest absolute Gasteiger partial charge is 0.0389 e. The van der Waals surface area contributed by atoms with Crippen LogP contribution in [0.3, 0.4) is 0 Å². The van der Waals surface area contributed by atoms with Crippen LogP contribution >= 0.6 is 31.9 Å². The van der Waals surface area contributed by atoms with Crippen molar-refractivity contribution >= 4 is 37.9 Å². The van der Waals surface area contributed by atoms with Crippen molar-refractivity contribution in [2.75, 3.05) is 0 Å². The van der Waals surface area contributed by atoms with Gasteiger partial charge in [-0.2, -0.15) is 0 Å². The first kappa shape index (κ1) is 12.0. The van der Waals surface area contributed by atoms with Crippen LogP contribution in [0.4, 0.5) is 0 Å². The van der Waals surface area contributed by atoms with Gasteiger partial charge >= 0.3 is 0 Å². The van der Waals surface area contributed by atoms with Crippen molar-refractivity contribution in [1.82, 2.24) is 0 Å². The van der Waals surface area contributed by atoms with Crippen LogP contribution in [-0.4, -0.2) is 0 Å². The van der Waals surface area contributed by atoms with Gasteiger partial charge in [0.15, 0.2) is 0 Å². The molecule has 0 saturated carbocycles. The van der Waals surface area contributed by atoms with Gasteiger partial charge < -0.3 is 0 Å². The Bertz CT molecular complexity index is 359. The molecular weight excluding hydrogens is 304 g/mol. The monoisotopic (exact) mass is 316 g/mol. The highest BCUT2D eigenvalue weighted by atomic mass is 79.9. The molecule has 1 aromatic rings. The summed E-state index contributed by atoms with van der Waals surface area (Å²) in [6, 6.07) is 4.32. The maximum Gasteiger partial charge on any atom is 0.0389 e. The molecule has 0 aromatic heterocycles. The predicted molar refractivity (Wildman–Crippen MR) is 70.6 cm³/mol. The Morgan fingerprint density at radius 2 is 1.79 bits per heavy atom. The highest BCUT2D eigenvalue weighted by molar-refractivity contribution is 9.13. The zero-order valence-electron chi connectivity index (χ0n) is 8.70. The van der Waals surface area contributed by atoms with Crippen molar-refractivity contribution in [1.29, 1.82) is 0 Å². The van der Waals surface area contributed by atoms with Crippen molar-refractivity contribution in [2.45, 2.75) is 26.2 Å². The molecule has 0 aliphatic rings. The van der Waals surface area contributed by atoms with Crippen LogP contribution in [0.15, 0.2) is 27.7 Å². The Kier molecular flexibility index (Phi) is 3.59. The molecule has 0 amide bonds. The molecule has 0 unspecified atom stereocenters. The molecule has 0 aliphatic carbocycles. The summed E-state index contributed by atoms with van der Waals surface area (Å²) in [6.07, 6.45) is 1.87. The average Bonchev–Trinajstić information content (AvgIpc) is 2.07. The minimum absolute atomic E-state index is 0.168. The van der Waals surface area contributed by atoms with Gasteiger partial charge in [-0.05, 0) is 54.5 Å². The third-order valence-corrected chi connectivity index (χ3v) is 4.18. The van der Waals surface area contributed by atoms with Crippen LogP contribution in [0.5, 0.6) is 0 Å². The molecule has 0 heterocycles. The Morgan fingerprint density at radius 1 is 1.21 bits per heavy atom. The van der Waals surface area contributed by atoms with Crippen molar-refractivity contribution in [3.05, 3.63) is 38.8 Å². The molecule has 76 valence electrons. The van der Waals surface area contributed by atoms with Gasteiger partial charge in [0, 0.05) is 8.95 Å². The average molecular weight is 318 g/mol. The summed E-state index contributed by atoms with van der Waals surface area (Å²) < 4.78 is 2.15. The lowest BCUT2D eigenvalue weighted by atomic mass is 9.86. The summed E-state index contributed by atoms with van der Waals surface area (Å²) in [5.74, 6) is 0. The summed E-state index contributed by atoms with van der Waals surface area (Å²) >= 11 is 7.06. The number of hydrogen-bond donors (Lipinski definition) is 0. The van der Waals surface area contributed by atoms with Crippen LogP contribution < -0.4 is 0 Å². The molecule has 0 N–H and O–H groups in total. The lowest BCUT2D eigenvalue weighted by Crippen LogP contribution is -2.11. The Hall–Kier alpha value is -0.0800. The molecular formula is C12H14Br2. The van der Waals surface area contributed by atoms with E-state index in [2.05, 4.69) is 71.3 Å². The number of hydrogen-bond acceptors (Lipinski definition) is 0. The Balaban J connectivity index is 3.37. The summed E-state index contributed by atoms with van der Waals surface area (Å²) in [5, 5.41) is 0. The molecule has 0 saturated heterocycles. The van der Waals surface area contributed by atoms with Gasteiger partial charge in [0.2, 0.25) is 0 Å². The first-order valence-corrected chi connectivity index (χ1v) is 6.07. The first-order valence-electron chi connectivity index (χ1n) is 4.48. The van der Waals surface area contributed by atoms with E-state index >= 15 is 0 Å². The second-order valence-corrected chi connectivity index (χ2v) is 5.96. The molecule has 0 radical (unpaired) electrons. The Labute approximate surface area is 103 Å². The maximum absolute atomic E-state index is 3.81. The van der Waals surface area contributed by atoms with Crippen LogP contribution in [0.25, 0.3) is 6.08 Å². The molecule has 0 aliphatic heterocycles. The largest absolute Gasteiger partial charge is 0.0984 e. The molecule has 0 atom stereocenters. The minimum Gasteiger partial charge on any atom is -0.0984 e. The minimum atomic E-state index is 0.168. The summed E-state index contributed by atoms with van der Waals surface area (Å²) in [4.78, 5) is 0. The molecule has 0 spiro atoms. The highest BCUT2D eigenvalue weighted by Gasteiger charge is 2.16. The molecule has 0 fully saturated rings. The SMILES string of the molecule is C=Cc1cc(C(C)(C)C)cc(Br)c1Br. The molecule has 1 rings (SSSR count). The van der Waals surface area contributed by atoms with Crippen molar-refractivity contribution in [3.8, 4) is 0 Å². The number of rotatable bonds is 1. The molecule has 14 heavy (non-hydrogen) atoms. The zero-order chi connectivity index (χ0) is 10.9. The van der Waals surface area contributed by atoms with Gasteiger partial charge in [0.25, 0.3) is 0 Å². The van der Waals surface area contributed by atoms with Crippen LogP contribution in [0.1, 0.15) is 31.9 Å². The van der Waals surface area contributed by atoms with E-state index in [1.807, 2.05) is 6.08 Å². The second kappa shape index (κ2) is 4.19. The van der Waals surface area contributed by atoms with E-state index in [-0.39, 0.29) is 5.41 Å². The van der Waals surface area contributed by atoms with Crippen molar-refractivity contribution in [2.24, 2.45) is 0 Å². The van der Waals surface area contributed by atoms with Gasteiger partial charge in [-0.15, -0.1) is 0 Å². The third-order valence-electron chi connectivity index (χ3n) is 2.14. The van der Waals surface area contributed by atoms with E-state index in [1.54, 1.807) is 0 Å². The standard InChI is InChI=1S/C12H14Br2/c1-5-8-6-9(12(2,3)4)7-10(13)11(8)14/h5-7H,1H2,2-4H3. The molecule has 2 heteroatoms. The normalized spacial score (nSPS) is 11.5. The number of halogens is 2. The lowest BCUT2D eigenvalue weighted by Gasteiger charge is -2.20. The lowest BCUT2D eigenvalue weighted by molar-refractivity contribution is 0.589. The van der Waals surface area contributed by atoms with Gasteiger partial charge in [-0.1, -0.05) is 39.5 Å². The van der Waals surface area contributed by atoms with Crippen LogP contribution in [0, 0.1) is 0 Å². The van der Waals surface area contributed by atoms with Crippen LogP contribution in [0.2, 0.25) is 0 Å². The molecule has 1 aromatic carbocycles. The van der Waals surface area contributed by atoms with Gasteiger partial charge in [-0.3, -0.25) is 0 Å². The van der Waals surface area contributed by atoms with Gasteiger partial charge in [-0.25, -0.2) is 0 Å². The molecule has 0 nitrogen and oxygen atoms in total. The van der Waals surface area contributed by atoms with E-state index in [4.69, 9.17) is 0 Å². The van der Waals surface area contributed by atoms with Gasteiger partial charge in [0.05, 0.1) is 0 Å². The van der Waals surface area contributed by atoms with E-state index in [0.29, 0.717) is 0 Å². The maximum atomic E-state index is 3.81. The van der Waals surface area contributed by atoms with Gasteiger partial charge in [0.1, 0.15) is 0 Å². The third kappa shape index (κ3) is 2.48. The summed E-state index contributed by atoms with van der Waals surface area (Å²) in [5.41, 5.74) is 2.60. The van der Waals surface area contributed by atoms with E-state index in [9.17, 15) is 0 Å². The fourth-order valence-corrected chi connectivity index (χ4v) is 2.06. The highest BCUT2D eigenvalue weighted by Crippen LogP contribution is 2.33. The summed E-state index contributed by atoms with van der Waals surface area (Å²) in [6.45, 7) is 10.4. The summed E-state index contributed by atoms with van der Waals surface area (Å²) in [7, 11) is 0. The topological polar surface area (TPSA) is 0 Å². The van der Waals surface area contributed by atoms with Crippen molar-refractivity contribution in [3.63, 3.8) is 0 Å². The number of benzene rings is 1. The van der Waals surface area contributed by atoms with E-state index in [1.165, 1.54) is 5.56 Å². The fourth-order valence-electron chi connectivity index (χ4n) is 1.19. The zero-order valence-corrected chi connectivity index (χ0v) is 11.9. The van der Waals surface area contributed by atoms with Crippen LogP contribution in [-0.2, 0) is 5.41 Å². The van der Waals surface area contributed by atoms with E-state index < -0.39 is 0 Å².